The van der Waals surface area contributed by atoms with Gasteiger partial charge in [-0.2, -0.15) is 0 Å². The Kier molecular flexibility index (Phi) is 8.20. The van der Waals surface area contributed by atoms with Gasteiger partial charge in [-0.05, 0) is 19.3 Å². The standard InChI is InChI=1S/C13H24N4O2.HI/c14-13(17-7-9-19-10-8-17)16-6-2-5-15-12(18)11-3-1-4-11;/h11H,1-10H2,(H2,14,16)(H,15,18);1H. The van der Waals surface area contributed by atoms with E-state index in [1.807, 2.05) is 4.90 Å². The minimum atomic E-state index is 0. The van der Waals surface area contributed by atoms with Gasteiger partial charge in [0.2, 0.25) is 5.91 Å². The maximum absolute atomic E-state index is 11.6. The van der Waals surface area contributed by atoms with Crippen molar-refractivity contribution in [3.63, 3.8) is 0 Å². The lowest BCUT2D eigenvalue weighted by Gasteiger charge is -2.27. The Labute approximate surface area is 137 Å². The first kappa shape index (κ1) is 17.5. The molecular formula is C13H25IN4O2. The highest BCUT2D eigenvalue weighted by Gasteiger charge is 2.24. The molecule has 116 valence electrons. The van der Waals surface area contributed by atoms with E-state index < -0.39 is 0 Å². The number of carbonyl (C=O) groups is 1. The van der Waals surface area contributed by atoms with Crippen molar-refractivity contribution in [1.29, 1.82) is 0 Å². The summed E-state index contributed by atoms with van der Waals surface area (Å²) in [6.45, 7) is 4.41. The Morgan fingerprint density at radius 2 is 2.05 bits per heavy atom. The molecule has 1 aliphatic heterocycles. The van der Waals surface area contributed by atoms with E-state index in [-0.39, 0.29) is 35.8 Å². The average Bonchev–Trinajstić information content (AvgIpc) is 2.37. The molecule has 0 aromatic rings. The van der Waals surface area contributed by atoms with Gasteiger partial charge in [0.25, 0.3) is 0 Å². The first-order valence-corrected chi connectivity index (χ1v) is 7.17. The van der Waals surface area contributed by atoms with E-state index >= 15 is 0 Å². The van der Waals surface area contributed by atoms with Gasteiger partial charge in [0.15, 0.2) is 5.96 Å². The molecule has 1 heterocycles. The molecule has 2 fully saturated rings. The highest BCUT2D eigenvalue weighted by molar-refractivity contribution is 14.0. The monoisotopic (exact) mass is 396 g/mol. The van der Waals surface area contributed by atoms with Crippen LogP contribution in [-0.2, 0) is 9.53 Å². The fourth-order valence-electron chi connectivity index (χ4n) is 2.19. The number of guanidine groups is 1. The summed E-state index contributed by atoms with van der Waals surface area (Å²) in [4.78, 5) is 18.0. The fraction of sp³-hybridized carbons (Fsp3) is 0.846. The van der Waals surface area contributed by atoms with E-state index in [0.29, 0.717) is 32.3 Å². The summed E-state index contributed by atoms with van der Waals surface area (Å²) in [6, 6.07) is 0. The number of rotatable bonds is 5. The van der Waals surface area contributed by atoms with Gasteiger partial charge in [-0.15, -0.1) is 24.0 Å². The van der Waals surface area contributed by atoms with Crippen LogP contribution in [-0.4, -0.2) is 56.2 Å². The second-order valence-electron chi connectivity index (χ2n) is 5.11. The molecule has 1 saturated carbocycles. The molecule has 0 aromatic carbocycles. The molecule has 3 N–H and O–H groups in total. The fourth-order valence-corrected chi connectivity index (χ4v) is 2.19. The van der Waals surface area contributed by atoms with E-state index in [0.717, 1.165) is 32.4 Å². The number of nitrogens with zero attached hydrogens (tertiary/aromatic N) is 2. The Balaban J connectivity index is 0.00000200. The zero-order valence-corrected chi connectivity index (χ0v) is 14.2. The van der Waals surface area contributed by atoms with Crippen molar-refractivity contribution < 1.29 is 9.53 Å². The van der Waals surface area contributed by atoms with Crippen LogP contribution < -0.4 is 11.1 Å². The lowest BCUT2D eigenvalue weighted by Crippen LogP contribution is -2.44. The molecule has 0 bridgehead atoms. The second-order valence-corrected chi connectivity index (χ2v) is 5.11. The van der Waals surface area contributed by atoms with Gasteiger partial charge in [0, 0.05) is 32.1 Å². The van der Waals surface area contributed by atoms with E-state index in [1.165, 1.54) is 6.42 Å². The number of hydrogen-bond donors (Lipinski definition) is 2. The molecule has 6 nitrogen and oxygen atoms in total. The largest absolute Gasteiger partial charge is 0.378 e. The smallest absolute Gasteiger partial charge is 0.223 e. The summed E-state index contributed by atoms with van der Waals surface area (Å²) in [5.41, 5.74) is 5.90. The number of nitrogens with two attached hydrogens (primary N) is 1. The van der Waals surface area contributed by atoms with Gasteiger partial charge in [-0.25, -0.2) is 0 Å². The molecule has 0 aromatic heterocycles. The van der Waals surface area contributed by atoms with Gasteiger partial charge in [-0.1, -0.05) is 6.42 Å². The highest BCUT2D eigenvalue weighted by atomic mass is 127. The first-order chi connectivity index (χ1) is 9.27. The number of carbonyl (C=O) groups excluding carboxylic acids is 1. The second kappa shape index (κ2) is 9.38. The van der Waals surface area contributed by atoms with Gasteiger partial charge < -0.3 is 20.7 Å². The van der Waals surface area contributed by atoms with Crippen molar-refractivity contribution in [3.05, 3.63) is 0 Å². The Morgan fingerprint density at radius 1 is 1.35 bits per heavy atom. The molecule has 2 aliphatic rings. The van der Waals surface area contributed by atoms with Crippen LogP contribution in [0, 0.1) is 5.92 Å². The van der Waals surface area contributed by atoms with Gasteiger partial charge >= 0.3 is 0 Å². The number of nitrogens with one attached hydrogen (secondary N) is 1. The minimum absolute atomic E-state index is 0. The predicted octanol–water partition coefficient (Wildman–Crippen LogP) is 0.558. The van der Waals surface area contributed by atoms with Crippen LogP contribution in [0.15, 0.2) is 4.99 Å². The van der Waals surface area contributed by atoms with Crippen LogP contribution in [0.4, 0.5) is 0 Å². The summed E-state index contributed by atoms with van der Waals surface area (Å²) in [5.74, 6) is 1.06. The lowest BCUT2D eigenvalue weighted by molar-refractivity contribution is -0.127. The summed E-state index contributed by atoms with van der Waals surface area (Å²) in [5, 5.41) is 2.96. The Bertz CT molecular complexity index is 328. The van der Waals surface area contributed by atoms with Crippen molar-refractivity contribution in [3.8, 4) is 0 Å². The zero-order chi connectivity index (χ0) is 13.5. The first-order valence-electron chi connectivity index (χ1n) is 7.17. The van der Waals surface area contributed by atoms with Crippen molar-refractivity contribution >= 4 is 35.8 Å². The number of hydrogen-bond acceptors (Lipinski definition) is 3. The molecule has 20 heavy (non-hydrogen) atoms. The summed E-state index contributed by atoms with van der Waals surface area (Å²) >= 11 is 0. The lowest BCUT2D eigenvalue weighted by atomic mass is 9.85. The molecule has 1 amide bonds. The van der Waals surface area contributed by atoms with E-state index in [2.05, 4.69) is 10.3 Å². The minimum Gasteiger partial charge on any atom is -0.378 e. The number of aliphatic imine (C=N–C) groups is 1. The number of morpholine rings is 1. The predicted molar refractivity (Wildman–Crippen MR) is 89.3 cm³/mol. The quantitative estimate of drug-likeness (QED) is 0.308. The van der Waals surface area contributed by atoms with E-state index in [4.69, 9.17) is 10.5 Å². The SMILES string of the molecule is I.NC(=NCCCNC(=O)C1CCC1)N1CCOCC1. The summed E-state index contributed by atoms with van der Waals surface area (Å²) < 4.78 is 5.26. The van der Waals surface area contributed by atoms with Crippen LogP contribution >= 0.6 is 24.0 Å². The maximum atomic E-state index is 11.6. The Morgan fingerprint density at radius 3 is 2.65 bits per heavy atom. The van der Waals surface area contributed by atoms with E-state index in [1.54, 1.807) is 0 Å². The molecule has 1 aliphatic carbocycles. The van der Waals surface area contributed by atoms with Gasteiger partial charge in [-0.3, -0.25) is 9.79 Å². The third kappa shape index (κ3) is 5.43. The highest BCUT2D eigenvalue weighted by Crippen LogP contribution is 2.25. The van der Waals surface area contributed by atoms with Crippen LogP contribution in [0.1, 0.15) is 25.7 Å². The third-order valence-corrected chi connectivity index (χ3v) is 3.72. The molecule has 0 spiro atoms. The molecule has 0 unspecified atom stereocenters. The maximum Gasteiger partial charge on any atom is 0.223 e. The van der Waals surface area contributed by atoms with E-state index in [9.17, 15) is 4.79 Å². The molecule has 1 saturated heterocycles. The van der Waals surface area contributed by atoms with Crippen LogP contribution in [0.5, 0.6) is 0 Å². The average molecular weight is 396 g/mol. The van der Waals surface area contributed by atoms with Crippen LogP contribution in [0.3, 0.4) is 0 Å². The number of halogens is 1. The van der Waals surface area contributed by atoms with Crippen molar-refractivity contribution in [2.24, 2.45) is 16.6 Å². The van der Waals surface area contributed by atoms with Gasteiger partial charge in [0.1, 0.15) is 0 Å². The molecule has 0 atom stereocenters. The van der Waals surface area contributed by atoms with Crippen molar-refractivity contribution in [1.82, 2.24) is 10.2 Å². The molecule has 2 rings (SSSR count). The molecular weight excluding hydrogens is 371 g/mol. The van der Waals surface area contributed by atoms with Crippen LogP contribution in [0.2, 0.25) is 0 Å². The molecule has 7 heteroatoms. The van der Waals surface area contributed by atoms with Crippen LogP contribution in [0.25, 0.3) is 0 Å². The van der Waals surface area contributed by atoms with Gasteiger partial charge in [0.05, 0.1) is 13.2 Å². The molecule has 0 radical (unpaired) electrons. The number of amides is 1. The van der Waals surface area contributed by atoms with Crippen molar-refractivity contribution in [2.75, 3.05) is 39.4 Å². The Hall–Kier alpha value is -0.570. The normalized spacial score (nSPS) is 20.0. The third-order valence-electron chi connectivity index (χ3n) is 3.72. The summed E-state index contributed by atoms with van der Waals surface area (Å²) in [7, 11) is 0. The summed E-state index contributed by atoms with van der Waals surface area (Å²) in [6.07, 6.45) is 4.13. The zero-order valence-electron chi connectivity index (χ0n) is 11.8. The van der Waals surface area contributed by atoms with Crippen molar-refractivity contribution in [2.45, 2.75) is 25.7 Å². The topological polar surface area (TPSA) is 79.9 Å². The number of ether oxygens (including phenoxy) is 1.